The highest BCUT2D eigenvalue weighted by atomic mass is 32.3. The number of carbonyl (C=O) groups excluding carboxylic acids is 2. The van der Waals surface area contributed by atoms with E-state index in [0.717, 1.165) is 55.8 Å². The van der Waals surface area contributed by atoms with Gasteiger partial charge >= 0.3 is 0 Å². The maximum atomic E-state index is 12.2. The van der Waals surface area contributed by atoms with Gasteiger partial charge in [-0.05, 0) is 178 Å². The van der Waals surface area contributed by atoms with E-state index in [1.54, 1.807) is 31.3 Å². The molecule has 18 heteroatoms. The van der Waals surface area contributed by atoms with Crippen LogP contribution in [0.2, 0.25) is 0 Å². The number of nitrogens with zero attached hydrogens (tertiary/aromatic N) is 6. The van der Waals surface area contributed by atoms with Crippen molar-refractivity contribution in [1.82, 2.24) is 22.8 Å². The normalized spacial score (nSPS) is 24.4. The number of ether oxygens (including phenoxy) is 1. The quantitative estimate of drug-likeness (QED) is 0.247. The molecule has 3 fully saturated rings. The van der Waals surface area contributed by atoms with Crippen LogP contribution in [-0.4, -0.2) is 119 Å². The first-order chi connectivity index (χ1) is 32.0. The minimum atomic E-state index is -3.97. The molecule has 2 atom stereocenters. The van der Waals surface area contributed by atoms with Gasteiger partial charge in [0.2, 0.25) is 21.8 Å². The molecule has 7 aliphatic rings. The van der Waals surface area contributed by atoms with E-state index < -0.39 is 35.6 Å². The van der Waals surface area contributed by atoms with Crippen molar-refractivity contribution in [2.45, 2.75) is 206 Å². The zero-order chi connectivity index (χ0) is 52.6. The Morgan fingerprint density at radius 1 is 0.671 bits per heavy atom. The number of hydrogen-bond acceptors (Lipinski definition) is 11. The zero-order valence-corrected chi connectivity index (χ0v) is 47.1. The van der Waals surface area contributed by atoms with Gasteiger partial charge < -0.3 is 14.5 Å². The van der Waals surface area contributed by atoms with Gasteiger partial charge in [-0.2, -0.15) is 4.31 Å². The Morgan fingerprint density at radius 2 is 1.24 bits per heavy atom. The Hall–Kier alpha value is -3.71. The van der Waals surface area contributed by atoms with Crippen LogP contribution in [0.3, 0.4) is 0 Å². The van der Waals surface area contributed by atoms with Crippen molar-refractivity contribution in [2.24, 2.45) is 16.8 Å². The maximum absolute atomic E-state index is 12.2. The molecule has 15 nitrogen and oxygen atoms in total. The number of likely N-dealkylation sites (tertiary alicyclic amines) is 1. The molecule has 2 saturated heterocycles. The van der Waals surface area contributed by atoms with Crippen LogP contribution in [0, 0.1) is 11.8 Å². The van der Waals surface area contributed by atoms with Crippen LogP contribution >= 0.6 is 0 Å². The van der Waals surface area contributed by atoms with Gasteiger partial charge in [-0.1, -0.05) is 28.7 Å². The van der Waals surface area contributed by atoms with Crippen LogP contribution in [-0.2, 0) is 51.0 Å². The number of carbonyl (C=O) groups is 2. The summed E-state index contributed by atoms with van der Waals surface area (Å²) in [5.41, 5.74) is 3.38. The molecule has 2 aliphatic carbocycles. The third kappa shape index (κ3) is 13.3. The predicted molar refractivity (Wildman–Crippen MR) is 276 cm³/mol. The lowest BCUT2D eigenvalue weighted by Crippen LogP contribution is -2.45. The predicted octanol–water partition coefficient (Wildman–Crippen LogP) is 9.09. The molecule has 0 N–H and O–H groups in total. The Balaban J connectivity index is 0.000000164. The van der Waals surface area contributed by atoms with Crippen molar-refractivity contribution < 1.29 is 39.6 Å². The van der Waals surface area contributed by atoms with Gasteiger partial charge in [0.05, 0.1) is 16.9 Å². The molecule has 2 aromatic rings. The molecule has 0 bridgehead atoms. The largest absolute Gasteiger partial charge is 0.473 e. The van der Waals surface area contributed by atoms with Gasteiger partial charge in [-0.25, -0.2) is 30.2 Å². The summed E-state index contributed by atoms with van der Waals surface area (Å²) in [6.45, 7) is 32.6. The second-order valence-corrected chi connectivity index (χ2v) is 30.0. The van der Waals surface area contributed by atoms with Gasteiger partial charge in [0.15, 0.2) is 0 Å². The lowest BCUT2D eigenvalue weighted by Gasteiger charge is -2.32. The van der Waals surface area contributed by atoms with Crippen molar-refractivity contribution in [3.8, 4) is 0 Å². The van der Waals surface area contributed by atoms with Crippen LogP contribution in [0.15, 0.2) is 68.7 Å². The van der Waals surface area contributed by atoms with Crippen LogP contribution in [0.4, 0.5) is 0 Å². The van der Waals surface area contributed by atoms with Gasteiger partial charge in [-0.3, -0.25) is 14.6 Å². The number of fused-ring (bicyclic) bond motifs is 3. The summed E-state index contributed by atoms with van der Waals surface area (Å²) >= 11 is 0. The van der Waals surface area contributed by atoms with Crippen LogP contribution in [0.5, 0.6) is 0 Å². The first kappa shape index (κ1) is 57.2. The number of pyridine rings is 1. The van der Waals surface area contributed by atoms with E-state index in [9.17, 15) is 34.8 Å². The Labute approximate surface area is 421 Å². The molecule has 5 aliphatic heterocycles. The highest BCUT2D eigenvalue weighted by Gasteiger charge is 2.52. The van der Waals surface area contributed by atoms with Gasteiger partial charge in [0, 0.05) is 71.2 Å². The standard InChI is InChI=1S/C12H21NO.C12H19NO.C11H14N2O.C10H13NO4S2.C7H15NO2S/c2*1-12(2,3)13-8-9-6-4-5-7-10(9)11(13)14;1-11(2,3)13-10-9-6-12-5-4-8(9)7-14-10;1-10(2,3)11-16(12,13)8-6-4-5-7-9(8)17(11,14)15;1-7(2,3)8-5-4-6-11(8,9)10/h9-10H,4-8H2,1-3H3;4-8H2,1-3H3;4-6H,7H2,1-3H3;4-7H,1-3H3;4-6H2,1-3H3. The highest BCUT2D eigenvalue weighted by molar-refractivity contribution is 8.06. The first-order valence-corrected chi connectivity index (χ1v) is 29.4. The number of hydrogen-bond donors (Lipinski definition) is 0. The molecule has 1 aromatic carbocycles. The average Bonchev–Trinajstić information content (AvgIpc) is 4.02. The summed E-state index contributed by atoms with van der Waals surface area (Å²) in [5, 5.41) is 0. The molecular weight excluding hydrogens is 949 g/mol. The first-order valence-electron chi connectivity index (χ1n) is 24.9. The SMILES string of the molecule is CC(C)(C)N1CC2=C(CCCC2)C1=O.CC(C)(C)N1CC2CCCCC2C1=O.CC(C)(C)N1CCCS1(=O)=O.CC(C)(C)N1S(=O)(=O)c2ccccc2S1(=O)=O.CC(C)(C)N=C1OCc2ccncc21. The maximum Gasteiger partial charge on any atom is 0.258 e. The monoisotopic (exact) mass is 1030 g/mol. The second-order valence-electron chi connectivity index (χ2n) is 24.3. The van der Waals surface area contributed by atoms with E-state index in [1.165, 1.54) is 67.5 Å². The molecule has 392 valence electrons. The minimum Gasteiger partial charge on any atom is -0.473 e. The summed E-state index contributed by atoms with van der Waals surface area (Å²) in [4.78, 5) is 36.6. The van der Waals surface area contributed by atoms with E-state index >= 15 is 0 Å². The third-order valence-electron chi connectivity index (χ3n) is 13.1. The van der Waals surface area contributed by atoms with Gasteiger partial charge in [-0.15, -0.1) is 0 Å². The minimum absolute atomic E-state index is 0.0194. The van der Waals surface area contributed by atoms with E-state index in [4.69, 9.17) is 4.74 Å². The van der Waals surface area contributed by atoms with Crippen molar-refractivity contribution in [3.05, 3.63) is 65.0 Å². The Bertz CT molecular complexity index is 2580. The second kappa shape index (κ2) is 21.0. The number of aromatic nitrogens is 1. The van der Waals surface area contributed by atoms with E-state index in [0.29, 0.717) is 46.3 Å². The fraction of sp³-hybridized carbons (Fsp3) is 0.692. The van der Waals surface area contributed by atoms with E-state index in [-0.39, 0.29) is 31.9 Å². The Kier molecular flexibility index (Phi) is 17.2. The fourth-order valence-electron chi connectivity index (χ4n) is 9.91. The smallest absolute Gasteiger partial charge is 0.258 e. The summed E-state index contributed by atoms with van der Waals surface area (Å²) in [6, 6.07) is 7.62. The molecule has 9 rings (SSSR count). The number of benzene rings is 1. The van der Waals surface area contributed by atoms with Crippen molar-refractivity contribution in [2.75, 3.05) is 25.4 Å². The van der Waals surface area contributed by atoms with Crippen molar-refractivity contribution in [1.29, 1.82) is 0 Å². The average molecular weight is 1030 g/mol. The number of sulfonamides is 3. The lowest BCUT2D eigenvalue weighted by molar-refractivity contribution is -0.135. The number of rotatable bonds is 0. The molecule has 1 saturated carbocycles. The third-order valence-corrected chi connectivity index (χ3v) is 20.4. The molecule has 1 aromatic heterocycles. The molecule has 6 heterocycles. The van der Waals surface area contributed by atoms with E-state index in [2.05, 4.69) is 77.2 Å². The van der Waals surface area contributed by atoms with E-state index in [1.807, 2.05) is 37.9 Å². The number of aliphatic imine (C=N–C) groups is 1. The zero-order valence-electron chi connectivity index (χ0n) is 44.7. The fourth-order valence-corrected chi connectivity index (χ4v) is 17.0. The molecule has 70 heavy (non-hydrogen) atoms. The number of amides is 2. The lowest BCUT2D eigenvalue weighted by atomic mass is 9.81. The summed E-state index contributed by atoms with van der Waals surface area (Å²) in [5.74, 6) is 2.79. The van der Waals surface area contributed by atoms with Crippen LogP contribution in [0.25, 0.3) is 0 Å². The van der Waals surface area contributed by atoms with Crippen molar-refractivity contribution >= 4 is 47.8 Å². The molecule has 0 spiro atoms. The molecule has 2 amide bonds. The molecular formula is C52H82N6O9S3. The van der Waals surface area contributed by atoms with Gasteiger partial charge in [0.25, 0.3) is 26.0 Å². The molecule has 0 radical (unpaired) electrons. The topological polar surface area (TPSA) is 184 Å². The van der Waals surface area contributed by atoms with Crippen LogP contribution in [0.1, 0.15) is 173 Å². The van der Waals surface area contributed by atoms with Gasteiger partial charge in [0.1, 0.15) is 16.4 Å². The summed E-state index contributed by atoms with van der Waals surface area (Å²) in [7, 11) is -10.8. The summed E-state index contributed by atoms with van der Waals surface area (Å²) in [6.07, 6.45) is 14.0. The summed E-state index contributed by atoms with van der Waals surface area (Å²) < 4.78 is 79.1. The van der Waals surface area contributed by atoms with Crippen molar-refractivity contribution in [3.63, 3.8) is 0 Å². The van der Waals surface area contributed by atoms with Crippen LogP contribution < -0.4 is 0 Å². The Morgan fingerprint density at radius 3 is 1.71 bits per heavy atom. The molecule has 2 unspecified atom stereocenters. The highest BCUT2D eigenvalue weighted by Crippen LogP contribution is 2.42.